The number of para-hydroxylation sites is 2. The van der Waals surface area contributed by atoms with Gasteiger partial charge in [-0.15, -0.1) is 0 Å². The Morgan fingerprint density at radius 3 is 1.52 bits per heavy atom. The Labute approximate surface area is 238 Å². The van der Waals surface area contributed by atoms with Gasteiger partial charge in [-0.3, -0.25) is 9.98 Å². The third-order valence-corrected chi connectivity index (χ3v) is 7.85. The van der Waals surface area contributed by atoms with Gasteiger partial charge in [0.15, 0.2) is 0 Å². The molecule has 0 radical (unpaired) electrons. The van der Waals surface area contributed by atoms with E-state index in [1.54, 1.807) is 0 Å². The van der Waals surface area contributed by atoms with Crippen LogP contribution >= 0.6 is 0 Å². The fourth-order valence-corrected chi connectivity index (χ4v) is 5.66. The normalized spacial score (nSPS) is 15.4. The van der Waals surface area contributed by atoms with E-state index < -0.39 is 0 Å². The predicted molar refractivity (Wildman–Crippen MR) is 172 cm³/mol. The lowest BCUT2D eigenvalue weighted by molar-refractivity contribution is 0.666. The van der Waals surface area contributed by atoms with Gasteiger partial charge in [0.25, 0.3) is 0 Å². The summed E-state index contributed by atoms with van der Waals surface area (Å²) < 4.78 is 0. The number of hydrogen-bond acceptors (Lipinski definition) is 4. The number of nitrogens with zero attached hydrogens (tertiary/aromatic N) is 2. The van der Waals surface area contributed by atoms with Gasteiger partial charge < -0.3 is 10.6 Å². The van der Waals surface area contributed by atoms with Crippen molar-refractivity contribution in [1.29, 1.82) is 0 Å². The highest BCUT2D eigenvalue weighted by molar-refractivity contribution is 5.93. The minimum Gasteiger partial charge on any atom is -0.354 e. The SMILES string of the molecule is c1ccc(Nc2ccc(-c3ccc(N=C4CCCCC4)c(N=C4CCCCC4)c3)cc2Nc2ccccc2)cc1. The molecule has 2 saturated carbocycles. The molecule has 0 unspecified atom stereocenters. The molecule has 0 saturated heterocycles. The van der Waals surface area contributed by atoms with Gasteiger partial charge in [-0.25, -0.2) is 0 Å². The summed E-state index contributed by atoms with van der Waals surface area (Å²) >= 11 is 0. The minimum atomic E-state index is 1.01. The smallest absolute Gasteiger partial charge is 0.0891 e. The largest absolute Gasteiger partial charge is 0.354 e. The zero-order valence-corrected chi connectivity index (χ0v) is 23.2. The molecule has 0 aromatic heterocycles. The fraction of sp³-hybridized carbons (Fsp3) is 0.278. The molecule has 4 heteroatoms. The first kappa shape index (κ1) is 26.1. The van der Waals surface area contributed by atoms with Crippen LogP contribution in [0.1, 0.15) is 64.2 Å². The second kappa shape index (κ2) is 12.8. The molecule has 0 atom stereocenters. The van der Waals surface area contributed by atoms with E-state index in [1.165, 1.54) is 49.9 Å². The third kappa shape index (κ3) is 6.69. The number of hydrogen-bond donors (Lipinski definition) is 2. The molecule has 4 aromatic carbocycles. The first-order valence-corrected chi connectivity index (χ1v) is 14.9. The van der Waals surface area contributed by atoms with Crippen molar-refractivity contribution in [2.24, 2.45) is 9.98 Å². The summed E-state index contributed by atoms with van der Waals surface area (Å²) in [5.41, 5.74) is 11.2. The zero-order valence-electron chi connectivity index (χ0n) is 23.2. The number of benzene rings is 4. The molecule has 6 rings (SSSR count). The van der Waals surface area contributed by atoms with E-state index in [2.05, 4.69) is 95.6 Å². The molecule has 202 valence electrons. The molecule has 0 heterocycles. The van der Waals surface area contributed by atoms with Gasteiger partial charge >= 0.3 is 0 Å². The summed E-state index contributed by atoms with van der Waals surface area (Å²) in [7, 11) is 0. The van der Waals surface area contributed by atoms with Gasteiger partial charge in [-0.05, 0) is 111 Å². The molecule has 2 N–H and O–H groups in total. The summed E-state index contributed by atoms with van der Waals surface area (Å²) in [6, 6.07) is 33.9. The second-order valence-corrected chi connectivity index (χ2v) is 10.9. The first-order valence-electron chi connectivity index (χ1n) is 14.9. The molecule has 2 aliphatic carbocycles. The van der Waals surface area contributed by atoms with Crippen LogP contribution in [0.15, 0.2) is 107 Å². The van der Waals surface area contributed by atoms with Crippen LogP contribution in [-0.4, -0.2) is 11.4 Å². The number of anilines is 4. The van der Waals surface area contributed by atoms with Crippen molar-refractivity contribution in [2.75, 3.05) is 10.6 Å². The molecule has 2 fully saturated rings. The van der Waals surface area contributed by atoms with E-state index in [4.69, 9.17) is 9.98 Å². The highest BCUT2D eigenvalue weighted by atomic mass is 15.0. The monoisotopic (exact) mass is 526 g/mol. The molecule has 0 amide bonds. The summed E-state index contributed by atoms with van der Waals surface area (Å²) in [5.74, 6) is 0. The Bertz CT molecular complexity index is 1470. The second-order valence-electron chi connectivity index (χ2n) is 10.9. The van der Waals surface area contributed by atoms with Gasteiger partial charge in [0, 0.05) is 22.8 Å². The van der Waals surface area contributed by atoms with Gasteiger partial charge in [0.05, 0.1) is 22.7 Å². The Kier molecular flexibility index (Phi) is 8.33. The van der Waals surface area contributed by atoms with Crippen molar-refractivity contribution >= 4 is 45.5 Å². The Hall–Kier alpha value is -4.18. The van der Waals surface area contributed by atoms with Gasteiger partial charge in [-0.1, -0.05) is 61.4 Å². The van der Waals surface area contributed by atoms with Crippen LogP contribution in [0.5, 0.6) is 0 Å². The van der Waals surface area contributed by atoms with Crippen LogP contribution in [0.2, 0.25) is 0 Å². The number of rotatable bonds is 7. The molecule has 4 aromatic rings. The van der Waals surface area contributed by atoms with Crippen molar-refractivity contribution in [3.05, 3.63) is 97.1 Å². The van der Waals surface area contributed by atoms with E-state index in [0.29, 0.717) is 0 Å². The van der Waals surface area contributed by atoms with E-state index in [0.717, 1.165) is 70.9 Å². The summed E-state index contributed by atoms with van der Waals surface area (Å²) in [5, 5.41) is 7.23. The standard InChI is InChI=1S/C36H38N4/c1-5-13-29(14-6-1)37-33-23-21-27(25-35(33)39-31-17-9-3-10-18-31)28-22-24-34(38-30-15-7-2-8-16-30)36(26-28)40-32-19-11-4-12-20-32/h1,3,5-6,9-10,13-14,17-18,21-26,37,39H,2,4,7-8,11-12,15-16,19-20H2. The molecular formula is C36H38N4. The Morgan fingerprint density at radius 2 is 0.925 bits per heavy atom. The average molecular weight is 527 g/mol. The first-order chi connectivity index (χ1) is 19.8. The van der Waals surface area contributed by atoms with Crippen LogP contribution in [0.4, 0.5) is 34.1 Å². The molecule has 2 aliphatic rings. The quantitative estimate of drug-likeness (QED) is 0.252. The lowest BCUT2D eigenvalue weighted by atomic mass is 9.97. The topological polar surface area (TPSA) is 48.8 Å². The average Bonchev–Trinajstić information content (AvgIpc) is 3.01. The van der Waals surface area contributed by atoms with Crippen molar-refractivity contribution in [3.63, 3.8) is 0 Å². The summed E-state index contributed by atoms with van der Waals surface area (Å²) in [6.07, 6.45) is 12.1. The van der Waals surface area contributed by atoms with Crippen molar-refractivity contribution in [1.82, 2.24) is 0 Å². The van der Waals surface area contributed by atoms with Crippen molar-refractivity contribution in [2.45, 2.75) is 64.2 Å². The van der Waals surface area contributed by atoms with E-state index in [9.17, 15) is 0 Å². The minimum absolute atomic E-state index is 1.01. The molecule has 40 heavy (non-hydrogen) atoms. The molecule has 4 nitrogen and oxygen atoms in total. The third-order valence-electron chi connectivity index (χ3n) is 7.85. The molecule has 0 bridgehead atoms. The maximum absolute atomic E-state index is 5.21. The Balaban J connectivity index is 1.38. The fourth-order valence-electron chi connectivity index (χ4n) is 5.66. The number of aliphatic imine (C=N–C) groups is 2. The molecule has 0 spiro atoms. The van der Waals surface area contributed by atoms with Crippen molar-refractivity contribution in [3.8, 4) is 11.1 Å². The predicted octanol–water partition coefficient (Wildman–Crippen LogP) is 10.9. The van der Waals surface area contributed by atoms with Crippen LogP contribution in [0.3, 0.4) is 0 Å². The van der Waals surface area contributed by atoms with E-state index >= 15 is 0 Å². The van der Waals surface area contributed by atoms with Crippen LogP contribution in [-0.2, 0) is 0 Å². The van der Waals surface area contributed by atoms with Crippen LogP contribution in [0, 0.1) is 0 Å². The lowest BCUT2D eigenvalue weighted by Gasteiger charge is -2.17. The molecular weight excluding hydrogens is 488 g/mol. The summed E-state index contributed by atoms with van der Waals surface area (Å²) in [4.78, 5) is 10.4. The van der Waals surface area contributed by atoms with E-state index in [1.807, 2.05) is 12.1 Å². The van der Waals surface area contributed by atoms with Crippen molar-refractivity contribution < 1.29 is 0 Å². The molecule has 0 aliphatic heterocycles. The number of nitrogens with one attached hydrogen (secondary N) is 2. The van der Waals surface area contributed by atoms with Gasteiger partial charge in [0.2, 0.25) is 0 Å². The van der Waals surface area contributed by atoms with Crippen LogP contribution < -0.4 is 10.6 Å². The Morgan fingerprint density at radius 1 is 0.425 bits per heavy atom. The van der Waals surface area contributed by atoms with Crippen LogP contribution in [0.25, 0.3) is 11.1 Å². The zero-order chi connectivity index (χ0) is 27.0. The lowest BCUT2D eigenvalue weighted by Crippen LogP contribution is -2.05. The van der Waals surface area contributed by atoms with E-state index in [-0.39, 0.29) is 0 Å². The summed E-state index contributed by atoms with van der Waals surface area (Å²) in [6.45, 7) is 0. The van der Waals surface area contributed by atoms with Gasteiger partial charge in [-0.2, -0.15) is 0 Å². The highest BCUT2D eigenvalue weighted by Crippen LogP contribution is 2.38. The van der Waals surface area contributed by atoms with Gasteiger partial charge in [0.1, 0.15) is 0 Å². The maximum atomic E-state index is 5.21. The maximum Gasteiger partial charge on any atom is 0.0891 e. The highest BCUT2D eigenvalue weighted by Gasteiger charge is 2.14.